The largest absolute Gasteiger partial charge is 0.390 e. The van der Waals surface area contributed by atoms with Crippen LogP contribution in [0.3, 0.4) is 0 Å². The number of nitrogens with zero attached hydrogens (tertiary/aromatic N) is 2. The fourth-order valence-electron chi connectivity index (χ4n) is 2.57. The van der Waals surface area contributed by atoms with E-state index in [0.717, 1.165) is 36.3 Å². The molecule has 1 aromatic heterocycles. The van der Waals surface area contributed by atoms with E-state index in [-0.39, 0.29) is 12.7 Å². The minimum absolute atomic E-state index is 0.0300. The maximum Gasteiger partial charge on any atom is 0.137 e. The molecule has 0 saturated carbocycles. The molecule has 4 heteroatoms. The average Bonchev–Trinajstić information content (AvgIpc) is 2.46. The number of anilines is 1. The number of aromatic nitrogens is 1. The molecule has 1 aromatic carbocycles. The van der Waals surface area contributed by atoms with Crippen molar-refractivity contribution >= 4 is 16.6 Å². The third-order valence-electron chi connectivity index (χ3n) is 3.48. The molecule has 0 amide bonds. The predicted octanol–water partition coefficient (Wildman–Crippen LogP) is 1.95. The van der Waals surface area contributed by atoms with Gasteiger partial charge in [-0.2, -0.15) is 0 Å². The van der Waals surface area contributed by atoms with Crippen LogP contribution in [-0.2, 0) is 11.3 Å². The van der Waals surface area contributed by atoms with Crippen molar-refractivity contribution in [1.29, 1.82) is 0 Å². The van der Waals surface area contributed by atoms with Crippen LogP contribution in [0.15, 0.2) is 30.3 Å². The summed E-state index contributed by atoms with van der Waals surface area (Å²) in [7, 11) is 0. The molecule has 0 aliphatic carbocycles. The van der Waals surface area contributed by atoms with Crippen molar-refractivity contribution in [2.75, 3.05) is 24.6 Å². The average molecular weight is 258 g/mol. The van der Waals surface area contributed by atoms with Gasteiger partial charge >= 0.3 is 0 Å². The van der Waals surface area contributed by atoms with E-state index in [2.05, 4.69) is 28.9 Å². The summed E-state index contributed by atoms with van der Waals surface area (Å²) < 4.78 is 5.58. The number of rotatable bonds is 2. The molecule has 1 saturated heterocycles. The first-order chi connectivity index (χ1) is 9.28. The third kappa shape index (κ3) is 2.41. The molecule has 2 aromatic rings. The SMILES string of the molecule is CC1CN(c2nc(CO)cc3ccccc23)CCO1. The highest BCUT2D eigenvalue weighted by Gasteiger charge is 2.20. The Kier molecular flexibility index (Phi) is 3.36. The molecule has 100 valence electrons. The van der Waals surface area contributed by atoms with Crippen molar-refractivity contribution in [3.63, 3.8) is 0 Å². The summed E-state index contributed by atoms with van der Waals surface area (Å²) in [5, 5.41) is 11.6. The number of benzene rings is 1. The lowest BCUT2D eigenvalue weighted by molar-refractivity contribution is 0.0530. The lowest BCUT2D eigenvalue weighted by Crippen LogP contribution is -2.41. The van der Waals surface area contributed by atoms with Gasteiger partial charge in [-0.05, 0) is 18.4 Å². The Morgan fingerprint density at radius 3 is 3.05 bits per heavy atom. The summed E-state index contributed by atoms with van der Waals surface area (Å²) >= 11 is 0. The number of pyridine rings is 1. The Balaban J connectivity index is 2.10. The highest BCUT2D eigenvalue weighted by Crippen LogP contribution is 2.27. The molecule has 1 unspecified atom stereocenters. The van der Waals surface area contributed by atoms with Gasteiger partial charge in [-0.15, -0.1) is 0 Å². The summed E-state index contributed by atoms with van der Waals surface area (Å²) in [4.78, 5) is 6.84. The van der Waals surface area contributed by atoms with E-state index in [4.69, 9.17) is 4.74 Å². The molecule has 1 N–H and O–H groups in total. The monoisotopic (exact) mass is 258 g/mol. The molecule has 0 radical (unpaired) electrons. The summed E-state index contributed by atoms with van der Waals surface area (Å²) in [6.45, 7) is 4.45. The van der Waals surface area contributed by atoms with E-state index in [1.807, 2.05) is 18.2 Å². The predicted molar refractivity (Wildman–Crippen MR) is 75.3 cm³/mol. The van der Waals surface area contributed by atoms with Gasteiger partial charge < -0.3 is 14.7 Å². The molecule has 1 fully saturated rings. The van der Waals surface area contributed by atoms with Gasteiger partial charge in [-0.3, -0.25) is 0 Å². The van der Waals surface area contributed by atoms with Crippen LogP contribution in [0.1, 0.15) is 12.6 Å². The molecule has 1 atom stereocenters. The summed E-state index contributed by atoms with van der Waals surface area (Å²) in [5.74, 6) is 0.956. The first-order valence-corrected chi connectivity index (χ1v) is 6.64. The Morgan fingerprint density at radius 2 is 2.26 bits per heavy atom. The van der Waals surface area contributed by atoms with E-state index in [0.29, 0.717) is 5.69 Å². The van der Waals surface area contributed by atoms with Gasteiger partial charge in [0.1, 0.15) is 5.82 Å². The maximum absolute atomic E-state index is 9.37. The van der Waals surface area contributed by atoms with Crippen LogP contribution >= 0.6 is 0 Å². The van der Waals surface area contributed by atoms with E-state index in [9.17, 15) is 5.11 Å². The number of ether oxygens (including phenoxy) is 1. The van der Waals surface area contributed by atoms with Crippen LogP contribution in [-0.4, -0.2) is 35.9 Å². The number of fused-ring (bicyclic) bond motifs is 1. The van der Waals surface area contributed by atoms with Gasteiger partial charge in [-0.1, -0.05) is 24.3 Å². The minimum Gasteiger partial charge on any atom is -0.390 e. The van der Waals surface area contributed by atoms with Gasteiger partial charge in [0.2, 0.25) is 0 Å². The fourth-order valence-corrected chi connectivity index (χ4v) is 2.57. The quantitative estimate of drug-likeness (QED) is 0.894. The zero-order chi connectivity index (χ0) is 13.2. The number of aliphatic hydroxyl groups excluding tert-OH is 1. The highest BCUT2D eigenvalue weighted by molar-refractivity contribution is 5.92. The molecular formula is C15H18N2O2. The minimum atomic E-state index is -0.0300. The zero-order valence-electron chi connectivity index (χ0n) is 11.0. The molecule has 1 aliphatic heterocycles. The van der Waals surface area contributed by atoms with Crippen molar-refractivity contribution in [3.8, 4) is 0 Å². The Morgan fingerprint density at radius 1 is 1.42 bits per heavy atom. The molecule has 0 bridgehead atoms. The van der Waals surface area contributed by atoms with Crippen LogP contribution in [0.5, 0.6) is 0 Å². The van der Waals surface area contributed by atoms with Crippen molar-refractivity contribution in [3.05, 3.63) is 36.0 Å². The second-order valence-electron chi connectivity index (χ2n) is 4.94. The van der Waals surface area contributed by atoms with Crippen molar-refractivity contribution < 1.29 is 9.84 Å². The van der Waals surface area contributed by atoms with E-state index in [1.54, 1.807) is 0 Å². The van der Waals surface area contributed by atoms with Crippen LogP contribution in [0.2, 0.25) is 0 Å². The zero-order valence-corrected chi connectivity index (χ0v) is 11.0. The highest BCUT2D eigenvalue weighted by atomic mass is 16.5. The van der Waals surface area contributed by atoms with Crippen molar-refractivity contribution in [2.24, 2.45) is 0 Å². The molecule has 1 aliphatic rings. The molecule has 3 rings (SSSR count). The van der Waals surface area contributed by atoms with E-state index >= 15 is 0 Å². The lowest BCUT2D eigenvalue weighted by atomic mass is 10.1. The molecule has 4 nitrogen and oxygen atoms in total. The standard InChI is InChI=1S/C15H18N2O2/c1-11-9-17(6-7-19-11)15-14-5-3-2-4-12(14)8-13(10-18)16-15/h2-5,8,11,18H,6-7,9-10H2,1H3. The Labute approximate surface area is 112 Å². The number of hydrogen-bond acceptors (Lipinski definition) is 4. The number of morpholine rings is 1. The Bertz CT molecular complexity index is 585. The molecule has 2 heterocycles. The second-order valence-corrected chi connectivity index (χ2v) is 4.94. The fraction of sp³-hybridized carbons (Fsp3) is 0.400. The molecule has 19 heavy (non-hydrogen) atoms. The molecule has 0 spiro atoms. The summed E-state index contributed by atoms with van der Waals surface area (Å²) in [6, 6.07) is 10.1. The number of hydrogen-bond donors (Lipinski definition) is 1. The van der Waals surface area contributed by atoms with Gasteiger partial charge in [0.05, 0.1) is 25.0 Å². The smallest absolute Gasteiger partial charge is 0.137 e. The van der Waals surface area contributed by atoms with Crippen LogP contribution < -0.4 is 4.90 Å². The topological polar surface area (TPSA) is 45.6 Å². The summed E-state index contributed by atoms with van der Waals surface area (Å²) in [5.41, 5.74) is 0.716. The third-order valence-corrected chi connectivity index (χ3v) is 3.48. The Hall–Kier alpha value is -1.65. The van der Waals surface area contributed by atoms with Crippen LogP contribution in [0.25, 0.3) is 10.8 Å². The van der Waals surface area contributed by atoms with Gasteiger partial charge in [0.15, 0.2) is 0 Å². The van der Waals surface area contributed by atoms with E-state index in [1.165, 1.54) is 0 Å². The van der Waals surface area contributed by atoms with Gasteiger partial charge in [0, 0.05) is 18.5 Å². The second kappa shape index (κ2) is 5.15. The summed E-state index contributed by atoms with van der Waals surface area (Å²) in [6.07, 6.45) is 0.215. The molecular weight excluding hydrogens is 240 g/mol. The van der Waals surface area contributed by atoms with Gasteiger partial charge in [-0.25, -0.2) is 4.98 Å². The maximum atomic E-state index is 9.37. The number of aliphatic hydroxyl groups is 1. The van der Waals surface area contributed by atoms with E-state index < -0.39 is 0 Å². The lowest BCUT2D eigenvalue weighted by Gasteiger charge is -2.33. The normalized spacial score (nSPS) is 19.9. The van der Waals surface area contributed by atoms with Crippen molar-refractivity contribution in [1.82, 2.24) is 4.98 Å². The first-order valence-electron chi connectivity index (χ1n) is 6.64. The van der Waals surface area contributed by atoms with Crippen molar-refractivity contribution in [2.45, 2.75) is 19.6 Å². The van der Waals surface area contributed by atoms with Crippen LogP contribution in [0.4, 0.5) is 5.82 Å². The van der Waals surface area contributed by atoms with Crippen LogP contribution in [0, 0.1) is 0 Å². The first kappa shape index (κ1) is 12.4. The van der Waals surface area contributed by atoms with Gasteiger partial charge in [0.25, 0.3) is 0 Å².